The number of rotatable bonds is 4. The average Bonchev–Trinajstić information content (AvgIpc) is 2.32. The third-order valence-electron chi connectivity index (χ3n) is 2.16. The van der Waals surface area contributed by atoms with Gasteiger partial charge >= 0.3 is 5.97 Å². The molecule has 0 aliphatic heterocycles. The second-order valence-corrected chi connectivity index (χ2v) is 4.01. The third kappa shape index (κ3) is 4.00. The molecule has 1 atom stereocenters. The van der Waals surface area contributed by atoms with Crippen LogP contribution in [-0.4, -0.2) is 18.0 Å². The number of nitrogens with one attached hydrogen (secondary N) is 1. The fourth-order valence-corrected chi connectivity index (χ4v) is 1.37. The molecule has 1 N–H and O–H groups in total. The first kappa shape index (κ1) is 14.4. The van der Waals surface area contributed by atoms with Gasteiger partial charge < -0.3 is 10.1 Å². The highest BCUT2D eigenvalue weighted by molar-refractivity contribution is 6.33. The number of anilines is 1. The van der Waals surface area contributed by atoms with Crippen LogP contribution in [0.2, 0.25) is 5.02 Å². The predicted octanol–water partition coefficient (Wildman–Crippen LogP) is 2.76. The quantitative estimate of drug-likeness (QED) is 0.858. The van der Waals surface area contributed by atoms with E-state index >= 15 is 0 Å². The molecule has 0 fully saturated rings. The van der Waals surface area contributed by atoms with Crippen LogP contribution in [0, 0.1) is 5.82 Å². The summed E-state index contributed by atoms with van der Waals surface area (Å²) in [6.07, 6.45) is -0.742. The summed E-state index contributed by atoms with van der Waals surface area (Å²) in [5, 5.41) is 2.53. The Hall–Kier alpha value is -1.62. The SMILES string of the molecule is CCC(=O)O[C@H](C)C(=O)Nc1ccc(F)cc1Cl. The number of carbonyl (C=O) groups is 2. The Morgan fingerprint density at radius 3 is 2.72 bits per heavy atom. The number of halogens is 2. The zero-order valence-corrected chi connectivity index (χ0v) is 10.8. The van der Waals surface area contributed by atoms with E-state index < -0.39 is 23.8 Å². The molecule has 1 aromatic rings. The first-order valence-electron chi connectivity index (χ1n) is 5.39. The van der Waals surface area contributed by atoms with Crippen LogP contribution in [-0.2, 0) is 14.3 Å². The molecule has 0 radical (unpaired) electrons. The Bertz CT molecular complexity index is 465. The lowest BCUT2D eigenvalue weighted by Gasteiger charge is -2.13. The van der Waals surface area contributed by atoms with Gasteiger partial charge in [0.25, 0.3) is 5.91 Å². The molecule has 4 nitrogen and oxygen atoms in total. The van der Waals surface area contributed by atoms with E-state index in [2.05, 4.69) is 5.32 Å². The predicted molar refractivity (Wildman–Crippen MR) is 65.9 cm³/mol. The van der Waals surface area contributed by atoms with Crippen molar-refractivity contribution < 1.29 is 18.7 Å². The lowest BCUT2D eigenvalue weighted by molar-refractivity contribution is -0.152. The summed E-state index contributed by atoms with van der Waals surface area (Å²) in [5.74, 6) is -1.49. The number of amides is 1. The van der Waals surface area contributed by atoms with Crippen molar-refractivity contribution in [1.82, 2.24) is 0 Å². The number of esters is 1. The Labute approximate surface area is 109 Å². The number of carbonyl (C=O) groups excluding carboxylic acids is 2. The first-order chi connectivity index (χ1) is 8.43. The smallest absolute Gasteiger partial charge is 0.306 e. The van der Waals surface area contributed by atoms with Gasteiger partial charge in [-0.3, -0.25) is 9.59 Å². The van der Waals surface area contributed by atoms with Gasteiger partial charge in [0, 0.05) is 6.42 Å². The normalized spacial score (nSPS) is 11.8. The van der Waals surface area contributed by atoms with Gasteiger partial charge in [-0.25, -0.2) is 4.39 Å². The van der Waals surface area contributed by atoms with Crippen molar-refractivity contribution in [3.8, 4) is 0 Å². The van der Waals surface area contributed by atoms with Gasteiger partial charge in [0.2, 0.25) is 0 Å². The molecular formula is C12H13ClFNO3. The highest BCUT2D eigenvalue weighted by Crippen LogP contribution is 2.22. The third-order valence-corrected chi connectivity index (χ3v) is 2.47. The molecule has 1 aromatic carbocycles. The number of hydrogen-bond donors (Lipinski definition) is 1. The lowest BCUT2D eigenvalue weighted by Crippen LogP contribution is -2.29. The highest BCUT2D eigenvalue weighted by Gasteiger charge is 2.17. The summed E-state index contributed by atoms with van der Waals surface area (Å²) in [7, 11) is 0. The Morgan fingerprint density at radius 2 is 2.17 bits per heavy atom. The van der Waals surface area contributed by atoms with Crippen LogP contribution < -0.4 is 5.32 Å². The topological polar surface area (TPSA) is 55.4 Å². The number of benzene rings is 1. The van der Waals surface area contributed by atoms with E-state index in [1.54, 1.807) is 6.92 Å². The molecule has 0 saturated heterocycles. The minimum absolute atomic E-state index is 0.0809. The van der Waals surface area contributed by atoms with E-state index in [1.807, 2.05) is 0 Å². The largest absolute Gasteiger partial charge is 0.453 e. The summed E-state index contributed by atoms with van der Waals surface area (Å²) in [5.41, 5.74) is 0.266. The fourth-order valence-electron chi connectivity index (χ4n) is 1.16. The van der Waals surface area contributed by atoms with Crippen molar-refractivity contribution in [3.63, 3.8) is 0 Å². The van der Waals surface area contributed by atoms with Crippen LogP contribution >= 0.6 is 11.6 Å². The molecule has 0 saturated carbocycles. The zero-order chi connectivity index (χ0) is 13.7. The summed E-state index contributed by atoms with van der Waals surface area (Å²) in [6.45, 7) is 3.07. The summed E-state index contributed by atoms with van der Waals surface area (Å²) >= 11 is 5.75. The van der Waals surface area contributed by atoms with Crippen molar-refractivity contribution in [2.75, 3.05) is 5.32 Å². The molecule has 0 heterocycles. The van der Waals surface area contributed by atoms with Gasteiger partial charge in [-0.05, 0) is 25.1 Å². The molecule has 1 amide bonds. The van der Waals surface area contributed by atoms with Crippen LogP contribution in [0.4, 0.5) is 10.1 Å². The second-order valence-electron chi connectivity index (χ2n) is 3.60. The second kappa shape index (κ2) is 6.35. The fraction of sp³-hybridized carbons (Fsp3) is 0.333. The minimum atomic E-state index is -0.932. The van der Waals surface area contributed by atoms with Crippen molar-refractivity contribution in [2.45, 2.75) is 26.4 Å². The molecular weight excluding hydrogens is 261 g/mol. The molecule has 0 aliphatic rings. The molecule has 98 valence electrons. The van der Waals surface area contributed by atoms with Gasteiger partial charge in [0.15, 0.2) is 6.10 Å². The summed E-state index contributed by atoms with van der Waals surface area (Å²) in [4.78, 5) is 22.7. The Kier molecular flexibility index (Phi) is 5.09. The van der Waals surface area contributed by atoms with Crippen LogP contribution in [0.15, 0.2) is 18.2 Å². The van der Waals surface area contributed by atoms with Crippen molar-refractivity contribution in [1.29, 1.82) is 0 Å². The van der Waals surface area contributed by atoms with E-state index in [9.17, 15) is 14.0 Å². The van der Waals surface area contributed by atoms with Crippen LogP contribution in [0.3, 0.4) is 0 Å². The molecule has 18 heavy (non-hydrogen) atoms. The molecule has 0 aliphatic carbocycles. The van der Waals surface area contributed by atoms with Gasteiger partial charge in [-0.15, -0.1) is 0 Å². The average molecular weight is 274 g/mol. The van der Waals surface area contributed by atoms with Crippen molar-refractivity contribution in [2.24, 2.45) is 0 Å². The van der Waals surface area contributed by atoms with Crippen LogP contribution in [0.1, 0.15) is 20.3 Å². The maximum absolute atomic E-state index is 12.8. The van der Waals surface area contributed by atoms with E-state index in [0.29, 0.717) is 0 Å². The van der Waals surface area contributed by atoms with Gasteiger partial charge in [0.1, 0.15) is 5.82 Å². The summed E-state index contributed by atoms with van der Waals surface area (Å²) < 4.78 is 17.6. The summed E-state index contributed by atoms with van der Waals surface area (Å²) in [6, 6.07) is 3.59. The van der Waals surface area contributed by atoms with Gasteiger partial charge in [-0.2, -0.15) is 0 Å². The first-order valence-corrected chi connectivity index (χ1v) is 5.77. The maximum atomic E-state index is 12.8. The molecule has 0 bridgehead atoms. The van der Waals surface area contributed by atoms with Crippen molar-refractivity contribution >= 4 is 29.2 Å². The van der Waals surface area contributed by atoms with E-state index in [0.717, 1.165) is 6.07 Å². The van der Waals surface area contributed by atoms with Crippen molar-refractivity contribution in [3.05, 3.63) is 29.0 Å². The van der Waals surface area contributed by atoms with E-state index in [4.69, 9.17) is 16.3 Å². The van der Waals surface area contributed by atoms with Crippen LogP contribution in [0.5, 0.6) is 0 Å². The standard InChI is InChI=1S/C12H13ClFNO3/c1-3-11(16)18-7(2)12(17)15-10-5-4-8(14)6-9(10)13/h4-7H,3H2,1-2H3,(H,15,17)/t7-/m1/s1. The Balaban J connectivity index is 2.66. The molecule has 0 aromatic heterocycles. The van der Waals surface area contributed by atoms with Gasteiger partial charge in [0.05, 0.1) is 10.7 Å². The number of ether oxygens (including phenoxy) is 1. The van der Waals surface area contributed by atoms with E-state index in [-0.39, 0.29) is 17.1 Å². The molecule has 1 rings (SSSR count). The van der Waals surface area contributed by atoms with Gasteiger partial charge in [-0.1, -0.05) is 18.5 Å². The lowest BCUT2D eigenvalue weighted by atomic mass is 10.3. The van der Waals surface area contributed by atoms with E-state index in [1.165, 1.54) is 19.1 Å². The maximum Gasteiger partial charge on any atom is 0.306 e. The number of hydrogen-bond acceptors (Lipinski definition) is 3. The molecule has 0 spiro atoms. The zero-order valence-electron chi connectivity index (χ0n) is 10.00. The van der Waals surface area contributed by atoms with Crippen LogP contribution in [0.25, 0.3) is 0 Å². The Morgan fingerprint density at radius 1 is 1.50 bits per heavy atom. The monoisotopic (exact) mass is 273 g/mol. The highest BCUT2D eigenvalue weighted by atomic mass is 35.5. The minimum Gasteiger partial charge on any atom is -0.453 e. The molecule has 0 unspecified atom stereocenters. The molecule has 6 heteroatoms.